The van der Waals surface area contributed by atoms with Gasteiger partial charge in [-0.1, -0.05) is 11.6 Å². The van der Waals surface area contributed by atoms with Gasteiger partial charge in [-0.2, -0.15) is 0 Å². The third-order valence-corrected chi connectivity index (χ3v) is 5.07. The first-order chi connectivity index (χ1) is 15.0. The van der Waals surface area contributed by atoms with Crippen LogP contribution in [0.5, 0.6) is 5.75 Å². The highest BCUT2D eigenvalue weighted by atomic mass is 35.5. The highest BCUT2D eigenvalue weighted by Crippen LogP contribution is 2.28. The first-order valence-electron chi connectivity index (χ1n) is 9.81. The van der Waals surface area contributed by atoms with E-state index in [1.54, 1.807) is 53.4 Å². The number of carbonyl (C=O) groups excluding carboxylic acids is 2. The Kier molecular flexibility index (Phi) is 6.18. The van der Waals surface area contributed by atoms with Crippen molar-refractivity contribution in [3.05, 3.63) is 59.4 Å². The van der Waals surface area contributed by atoms with Crippen molar-refractivity contribution in [1.82, 2.24) is 10.2 Å². The number of esters is 1. The molecule has 0 saturated carbocycles. The minimum atomic E-state index is -0.558. The number of anilines is 1. The number of aromatic nitrogens is 2. The van der Waals surface area contributed by atoms with Gasteiger partial charge < -0.3 is 18.8 Å². The van der Waals surface area contributed by atoms with Gasteiger partial charge in [0.05, 0.1) is 12.5 Å². The van der Waals surface area contributed by atoms with E-state index in [0.29, 0.717) is 28.8 Å². The molecule has 1 atom stereocenters. The summed E-state index contributed by atoms with van der Waals surface area (Å²) in [6, 6.07) is 14.1. The molecule has 0 aliphatic carbocycles. The summed E-state index contributed by atoms with van der Waals surface area (Å²) in [5.41, 5.74) is 1.43. The van der Waals surface area contributed by atoms with E-state index in [0.717, 1.165) is 5.75 Å². The lowest BCUT2D eigenvalue weighted by Gasteiger charge is -2.17. The van der Waals surface area contributed by atoms with Crippen molar-refractivity contribution in [2.75, 3.05) is 18.1 Å². The highest BCUT2D eigenvalue weighted by Gasteiger charge is 2.36. The summed E-state index contributed by atoms with van der Waals surface area (Å²) in [7, 11) is 0. The maximum Gasteiger partial charge on any atom is 0.311 e. The highest BCUT2D eigenvalue weighted by molar-refractivity contribution is 6.30. The van der Waals surface area contributed by atoms with E-state index >= 15 is 0 Å². The molecule has 1 saturated heterocycles. The second-order valence-electron chi connectivity index (χ2n) is 6.95. The molecule has 1 fully saturated rings. The number of nitrogens with zero attached hydrogens (tertiary/aromatic N) is 3. The lowest BCUT2D eigenvalue weighted by atomic mass is 10.1. The molecule has 1 aliphatic heterocycles. The maximum atomic E-state index is 12.5. The van der Waals surface area contributed by atoms with Crippen LogP contribution in [0.4, 0.5) is 5.69 Å². The van der Waals surface area contributed by atoms with Gasteiger partial charge in [0.1, 0.15) is 5.75 Å². The van der Waals surface area contributed by atoms with Crippen LogP contribution in [-0.4, -0.2) is 35.2 Å². The number of hydrogen-bond donors (Lipinski definition) is 0. The maximum absolute atomic E-state index is 12.5. The molecule has 3 aromatic rings. The number of ether oxygens (including phenoxy) is 2. The van der Waals surface area contributed by atoms with Crippen molar-refractivity contribution in [3.63, 3.8) is 0 Å². The lowest BCUT2D eigenvalue weighted by Crippen LogP contribution is -2.26. The molecule has 0 N–H and O–H groups in total. The van der Waals surface area contributed by atoms with E-state index < -0.39 is 11.9 Å². The molecule has 31 heavy (non-hydrogen) atoms. The summed E-state index contributed by atoms with van der Waals surface area (Å²) < 4.78 is 16.3. The molecule has 1 unspecified atom stereocenters. The topological polar surface area (TPSA) is 94.8 Å². The molecule has 8 nitrogen and oxygen atoms in total. The van der Waals surface area contributed by atoms with E-state index in [1.807, 2.05) is 6.92 Å². The average Bonchev–Trinajstić information content (AvgIpc) is 3.40. The third-order valence-electron chi connectivity index (χ3n) is 4.81. The largest absolute Gasteiger partial charge is 0.494 e. The molecule has 160 valence electrons. The van der Waals surface area contributed by atoms with Gasteiger partial charge in [0.2, 0.25) is 11.8 Å². The van der Waals surface area contributed by atoms with Crippen LogP contribution < -0.4 is 9.64 Å². The van der Waals surface area contributed by atoms with Crippen LogP contribution >= 0.6 is 11.6 Å². The van der Waals surface area contributed by atoms with Gasteiger partial charge >= 0.3 is 5.97 Å². The van der Waals surface area contributed by atoms with Crippen molar-refractivity contribution in [2.45, 2.75) is 20.0 Å². The zero-order valence-corrected chi connectivity index (χ0v) is 17.5. The van der Waals surface area contributed by atoms with Crippen LogP contribution in [0.2, 0.25) is 5.02 Å². The Bertz CT molecular complexity index is 1070. The minimum Gasteiger partial charge on any atom is -0.494 e. The zero-order chi connectivity index (χ0) is 21.8. The molecule has 4 rings (SSSR count). The van der Waals surface area contributed by atoms with Crippen LogP contribution in [0.15, 0.2) is 52.9 Å². The summed E-state index contributed by atoms with van der Waals surface area (Å²) in [4.78, 5) is 26.4. The Morgan fingerprint density at radius 1 is 1.16 bits per heavy atom. The summed E-state index contributed by atoms with van der Waals surface area (Å²) in [6.07, 6.45) is 0.0892. The Balaban J connectivity index is 1.33. The Morgan fingerprint density at radius 2 is 1.90 bits per heavy atom. The van der Waals surface area contributed by atoms with Gasteiger partial charge in [0.15, 0.2) is 6.61 Å². The second kappa shape index (κ2) is 9.18. The predicted molar refractivity (Wildman–Crippen MR) is 113 cm³/mol. The van der Waals surface area contributed by atoms with Crippen LogP contribution in [0.3, 0.4) is 0 Å². The molecule has 1 amide bonds. The quantitative estimate of drug-likeness (QED) is 0.513. The molecule has 9 heteroatoms. The van der Waals surface area contributed by atoms with Gasteiger partial charge in [-0.15, -0.1) is 10.2 Å². The number of rotatable bonds is 7. The van der Waals surface area contributed by atoms with Gasteiger partial charge in [0.25, 0.3) is 5.89 Å². The fourth-order valence-corrected chi connectivity index (χ4v) is 3.40. The number of benzene rings is 2. The molecule has 0 spiro atoms. The van der Waals surface area contributed by atoms with Gasteiger partial charge in [-0.3, -0.25) is 9.59 Å². The Morgan fingerprint density at radius 3 is 2.61 bits per heavy atom. The first-order valence-corrected chi connectivity index (χ1v) is 10.2. The SMILES string of the molecule is CCOc1ccc(N2CC(C(=O)OCc3nnc(-c4ccc(Cl)cc4)o3)CC2=O)cc1. The van der Waals surface area contributed by atoms with Gasteiger partial charge in [-0.05, 0) is 55.5 Å². The van der Waals surface area contributed by atoms with Gasteiger partial charge in [0, 0.05) is 29.2 Å². The standard InChI is InChI=1S/C22H20ClN3O5/c1-2-29-18-9-7-17(8-10-18)26-12-15(11-20(26)27)22(28)30-13-19-24-25-21(31-19)14-3-5-16(23)6-4-14/h3-10,15H,2,11-13H2,1H3. The van der Waals surface area contributed by atoms with E-state index in [-0.39, 0.29) is 31.4 Å². The van der Waals surface area contributed by atoms with Crippen molar-refractivity contribution in [2.24, 2.45) is 5.92 Å². The monoisotopic (exact) mass is 441 g/mol. The average molecular weight is 442 g/mol. The third kappa shape index (κ3) is 4.86. The van der Waals surface area contributed by atoms with Crippen molar-refractivity contribution in [1.29, 1.82) is 0 Å². The van der Waals surface area contributed by atoms with E-state index in [9.17, 15) is 9.59 Å². The van der Waals surface area contributed by atoms with Crippen molar-refractivity contribution in [3.8, 4) is 17.2 Å². The molecule has 2 aromatic carbocycles. The van der Waals surface area contributed by atoms with E-state index in [1.165, 1.54) is 0 Å². The van der Waals surface area contributed by atoms with Gasteiger partial charge in [-0.25, -0.2) is 0 Å². The van der Waals surface area contributed by atoms with Crippen LogP contribution in [-0.2, 0) is 20.9 Å². The van der Waals surface area contributed by atoms with Crippen molar-refractivity contribution < 1.29 is 23.5 Å². The lowest BCUT2D eigenvalue weighted by molar-refractivity contribution is -0.150. The molecule has 1 aliphatic rings. The molecule has 0 radical (unpaired) electrons. The van der Waals surface area contributed by atoms with Crippen molar-refractivity contribution >= 4 is 29.2 Å². The molecule has 0 bridgehead atoms. The number of carbonyl (C=O) groups is 2. The van der Waals surface area contributed by atoms with E-state index in [2.05, 4.69) is 10.2 Å². The van der Waals surface area contributed by atoms with E-state index in [4.69, 9.17) is 25.5 Å². The molecular formula is C22H20ClN3O5. The molecule has 1 aromatic heterocycles. The van der Waals surface area contributed by atoms with Crippen LogP contribution in [0, 0.1) is 5.92 Å². The number of halogens is 1. The summed E-state index contributed by atoms with van der Waals surface area (Å²) in [5.74, 6) is 0.0393. The molecular weight excluding hydrogens is 422 g/mol. The van der Waals surface area contributed by atoms with Crippen LogP contribution in [0.25, 0.3) is 11.5 Å². The minimum absolute atomic E-state index is 0.0892. The van der Waals surface area contributed by atoms with Crippen LogP contribution in [0.1, 0.15) is 19.2 Å². The first kappa shape index (κ1) is 20.9. The second-order valence-corrected chi connectivity index (χ2v) is 7.38. The zero-order valence-electron chi connectivity index (χ0n) is 16.8. The Hall–Kier alpha value is -3.39. The summed E-state index contributed by atoms with van der Waals surface area (Å²) in [6.45, 7) is 2.57. The number of amides is 1. The Labute approximate surface area is 183 Å². The smallest absolute Gasteiger partial charge is 0.311 e. The fourth-order valence-electron chi connectivity index (χ4n) is 3.28. The summed E-state index contributed by atoms with van der Waals surface area (Å²) in [5, 5.41) is 8.45. The fraction of sp³-hybridized carbons (Fsp3) is 0.273. The predicted octanol–water partition coefficient (Wildman–Crippen LogP) is 3.89. The summed E-state index contributed by atoms with van der Waals surface area (Å²) >= 11 is 5.87. The number of hydrogen-bond acceptors (Lipinski definition) is 7. The normalized spacial score (nSPS) is 15.9. The molecule has 2 heterocycles.